The van der Waals surface area contributed by atoms with Crippen LogP contribution in [0.4, 0.5) is 0 Å². The predicted molar refractivity (Wildman–Crippen MR) is 107 cm³/mol. The van der Waals surface area contributed by atoms with Crippen LogP contribution in [0.1, 0.15) is 39.9 Å². The van der Waals surface area contributed by atoms with E-state index in [1.54, 1.807) is 18.2 Å². The molecule has 1 spiro atoms. The molecule has 1 saturated heterocycles. The number of cyclic esters (lactones) is 1. The van der Waals surface area contributed by atoms with Crippen molar-refractivity contribution in [1.82, 2.24) is 4.90 Å². The van der Waals surface area contributed by atoms with E-state index >= 15 is 0 Å². The summed E-state index contributed by atoms with van der Waals surface area (Å²) in [6.07, 6.45) is 3.10. The van der Waals surface area contributed by atoms with Crippen molar-refractivity contribution >= 4 is 17.6 Å². The first-order valence-electron chi connectivity index (χ1n) is 9.88. The number of likely N-dealkylation sites (tertiary alicyclic amines) is 1. The number of fused-ring (bicyclic) bond motifs is 3. The molecule has 0 radical (unpaired) electrons. The highest BCUT2D eigenvalue weighted by molar-refractivity contribution is 6.06. The highest BCUT2D eigenvalue weighted by atomic mass is 16.5. The predicted octanol–water partition coefficient (Wildman–Crippen LogP) is 2.61. The van der Waals surface area contributed by atoms with Crippen molar-refractivity contribution in [3.63, 3.8) is 0 Å². The number of ether oxygens (including phenoxy) is 2. The fourth-order valence-corrected chi connectivity index (χ4v) is 4.50. The molecule has 3 aliphatic heterocycles. The number of nitrogens with zero attached hydrogens (tertiary/aromatic N) is 1. The fourth-order valence-electron chi connectivity index (χ4n) is 4.50. The van der Waals surface area contributed by atoms with Crippen LogP contribution in [0.5, 0.6) is 5.75 Å². The average molecular weight is 390 g/mol. The maximum atomic E-state index is 12.8. The van der Waals surface area contributed by atoms with Crippen molar-refractivity contribution in [1.29, 1.82) is 0 Å². The number of piperidine rings is 1. The van der Waals surface area contributed by atoms with Gasteiger partial charge in [-0.1, -0.05) is 30.3 Å². The largest absolute Gasteiger partial charge is 0.492 e. The summed E-state index contributed by atoms with van der Waals surface area (Å²) < 4.78 is 11.2. The van der Waals surface area contributed by atoms with E-state index in [4.69, 9.17) is 15.2 Å². The molecule has 29 heavy (non-hydrogen) atoms. The Morgan fingerprint density at radius 3 is 2.66 bits per heavy atom. The molecule has 1 fully saturated rings. The molecule has 3 aliphatic rings. The fraction of sp³-hybridized carbons (Fsp3) is 0.304. The zero-order valence-electron chi connectivity index (χ0n) is 16.0. The Hall–Kier alpha value is -3.12. The van der Waals surface area contributed by atoms with Gasteiger partial charge in [0.25, 0.3) is 0 Å². The number of hydrogen-bond acceptors (Lipinski definition) is 5. The maximum Gasteiger partial charge on any atom is 0.344 e. The van der Waals surface area contributed by atoms with E-state index in [1.165, 1.54) is 11.6 Å². The van der Waals surface area contributed by atoms with Crippen LogP contribution in [0.25, 0.3) is 5.76 Å². The zero-order chi connectivity index (χ0) is 20.0. The molecule has 2 aromatic carbocycles. The van der Waals surface area contributed by atoms with Gasteiger partial charge in [0.1, 0.15) is 11.5 Å². The van der Waals surface area contributed by atoms with Gasteiger partial charge in [0.2, 0.25) is 5.91 Å². The molecule has 0 aliphatic carbocycles. The SMILES string of the molecule is NCc1ccc2c(c1)C1(CCN(C(=O)C=C3OC(=O)c4ccccc43)CC1)CO2. The van der Waals surface area contributed by atoms with Crippen LogP contribution in [0.3, 0.4) is 0 Å². The van der Waals surface area contributed by atoms with Gasteiger partial charge in [0, 0.05) is 42.3 Å². The lowest BCUT2D eigenvalue weighted by atomic mass is 9.74. The summed E-state index contributed by atoms with van der Waals surface area (Å²) in [6.45, 7) is 2.41. The molecule has 1 amide bonds. The molecular weight excluding hydrogens is 368 g/mol. The van der Waals surface area contributed by atoms with E-state index in [-0.39, 0.29) is 11.3 Å². The molecule has 0 bridgehead atoms. The van der Waals surface area contributed by atoms with Gasteiger partial charge in [0.05, 0.1) is 12.2 Å². The van der Waals surface area contributed by atoms with Crippen LogP contribution in [0, 0.1) is 0 Å². The van der Waals surface area contributed by atoms with Crippen LogP contribution < -0.4 is 10.5 Å². The molecule has 3 heterocycles. The van der Waals surface area contributed by atoms with Crippen LogP contribution in [0.15, 0.2) is 48.5 Å². The number of benzene rings is 2. The monoisotopic (exact) mass is 390 g/mol. The smallest absolute Gasteiger partial charge is 0.344 e. The van der Waals surface area contributed by atoms with Crippen LogP contribution in [0.2, 0.25) is 0 Å². The maximum absolute atomic E-state index is 12.8. The lowest BCUT2D eigenvalue weighted by Gasteiger charge is -2.38. The summed E-state index contributed by atoms with van der Waals surface area (Å²) >= 11 is 0. The lowest BCUT2D eigenvalue weighted by Crippen LogP contribution is -2.45. The van der Waals surface area contributed by atoms with Crippen molar-refractivity contribution in [3.05, 3.63) is 70.8 Å². The van der Waals surface area contributed by atoms with Gasteiger partial charge in [-0.2, -0.15) is 0 Å². The van der Waals surface area contributed by atoms with Crippen molar-refractivity contribution in [2.24, 2.45) is 5.73 Å². The third-order valence-corrected chi connectivity index (χ3v) is 6.26. The van der Waals surface area contributed by atoms with E-state index in [1.807, 2.05) is 23.1 Å². The van der Waals surface area contributed by atoms with E-state index in [0.29, 0.717) is 43.1 Å². The third-order valence-electron chi connectivity index (χ3n) is 6.26. The Bertz CT molecular complexity index is 1030. The molecule has 6 heteroatoms. The minimum atomic E-state index is -0.410. The first-order valence-corrected chi connectivity index (χ1v) is 9.88. The molecule has 2 N–H and O–H groups in total. The van der Waals surface area contributed by atoms with Crippen LogP contribution >= 0.6 is 0 Å². The standard InChI is InChI=1S/C23H22N2O4/c24-13-15-5-6-19-18(11-15)23(14-28-19)7-9-25(10-8-23)21(26)12-20-16-3-1-2-4-17(16)22(27)29-20/h1-6,11-12H,7-10,13-14,24H2. The molecule has 0 unspecified atom stereocenters. The Labute approximate surface area is 168 Å². The summed E-state index contributed by atoms with van der Waals surface area (Å²) in [5.74, 6) is 0.721. The topological polar surface area (TPSA) is 81.9 Å². The van der Waals surface area contributed by atoms with E-state index < -0.39 is 5.97 Å². The quantitative estimate of drug-likeness (QED) is 0.630. The van der Waals surface area contributed by atoms with Gasteiger partial charge in [-0.05, 0) is 30.5 Å². The first-order chi connectivity index (χ1) is 14.1. The lowest BCUT2D eigenvalue weighted by molar-refractivity contribution is -0.127. The summed E-state index contributed by atoms with van der Waals surface area (Å²) in [6, 6.07) is 13.3. The van der Waals surface area contributed by atoms with Crippen molar-refractivity contribution < 1.29 is 19.1 Å². The summed E-state index contributed by atoms with van der Waals surface area (Å²) in [7, 11) is 0. The summed E-state index contributed by atoms with van der Waals surface area (Å²) in [4.78, 5) is 26.6. The van der Waals surface area contributed by atoms with Gasteiger partial charge in [-0.25, -0.2) is 4.79 Å². The van der Waals surface area contributed by atoms with Gasteiger partial charge in [0.15, 0.2) is 0 Å². The molecule has 6 nitrogen and oxygen atoms in total. The molecule has 0 saturated carbocycles. The number of rotatable bonds is 2. The van der Waals surface area contributed by atoms with Crippen molar-refractivity contribution in [2.45, 2.75) is 24.8 Å². The minimum absolute atomic E-state index is 0.0587. The number of carbonyl (C=O) groups excluding carboxylic acids is 2. The van der Waals surface area contributed by atoms with Crippen molar-refractivity contribution in [3.8, 4) is 5.75 Å². The summed E-state index contributed by atoms with van der Waals surface area (Å²) in [5, 5.41) is 0. The Kier molecular flexibility index (Phi) is 4.17. The number of amides is 1. The Balaban J connectivity index is 1.33. The first kappa shape index (κ1) is 17.9. The van der Waals surface area contributed by atoms with Crippen LogP contribution in [-0.2, 0) is 21.5 Å². The number of esters is 1. The van der Waals surface area contributed by atoms with E-state index in [0.717, 1.165) is 24.2 Å². The van der Waals surface area contributed by atoms with E-state index in [2.05, 4.69) is 6.07 Å². The number of carbonyl (C=O) groups is 2. The highest BCUT2D eigenvalue weighted by Gasteiger charge is 2.43. The van der Waals surface area contributed by atoms with Gasteiger partial charge < -0.3 is 20.1 Å². The second-order valence-electron chi connectivity index (χ2n) is 7.87. The van der Waals surface area contributed by atoms with Gasteiger partial charge >= 0.3 is 5.97 Å². The molecule has 148 valence electrons. The van der Waals surface area contributed by atoms with E-state index in [9.17, 15) is 9.59 Å². The zero-order valence-corrected chi connectivity index (χ0v) is 16.0. The normalized spacial score (nSPS) is 20.4. The second kappa shape index (κ2) is 6.74. The molecule has 0 aromatic heterocycles. The van der Waals surface area contributed by atoms with Gasteiger partial charge in [-0.3, -0.25) is 4.79 Å². The van der Waals surface area contributed by atoms with Crippen molar-refractivity contribution in [2.75, 3.05) is 19.7 Å². The summed E-state index contributed by atoms with van der Waals surface area (Å²) in [5.41, 5.74) is 9.23. The third kappa shape index (κ3) is 2.91. The highest BCUT2D eigenvalue weighted by Crippen LogP contribution is 2.46. The van der Waals surface area contributed by atoms with Crippen LogP contribution in [-0.4, -0.2) is 36.5 Å². The Morgan fingerprint density at radius 1 is 1.14 bits per heavy atom. The molecule has 2 aromatic rings. The van der Waals surface area contributed by atoms with Gasteiger partial charge in [-0.15, -0.1) is 0 Å². The average Bonchev–Trinajstić information content (AvgIpc) is 3.26. The Morgan fingerprint density at radius 2 is 1.90 bits per heavy atom. The molecule has 5 rings (SSSR count). The minimum Gasteiger partial charge on any atom is -0.492 e. The molecule has 0 atom stereocenters. The molecular formula is C23H22N2O4. The second-order valence-corrected chi connectivity index (χ2v) is 7.87. The number of nitrogens with two attached hydrogens (primary N) is 1. The number of hydrogen-bond donors (Lipinski definition) is 1.